The summed E-state index contributed by atoms with van der Waals surface area (Å²) in [6, 6.07) is 39.6. The number of carbonyl (C=O) groups is 1. The quantitative estimate of drug-likeness (QED) is 0.192. The van der Waals surface area contributed by atoms with Crippen LogP contribution in [0.25, 0.3) is 0 Å². The Balaban J connectivity index is 1.43. The number of imidazole rings is 1. The summed E-state index contributed by atoms with van der Waals surface area (Å²) in [5.41, 5.74) is 5.63. The van der Waals surface area contributed by atoms with E-state index >= 15 is 0 Å². The third-order valence-electron chi connectivity index (χ3n) is 7.60. The topological polar surface area (TPSA) is 41.4 Å². The Kier molecular flexibility index (Phi) is 6.79. The minimum atomic E-state index is -0.628. The van der Waals surface area contributed by atoms with Crippen molar-refractivity contribution in [2.75, 3.05) is 18.0 Å². The molecule has 0 saturated carbocycles. The molecule has 6 rings (SSSR count). The van der Waals surface area contributed by atoms with Crippen LogP contribution in [0.3, 0.4) is 0 Å². The van der Waals surface area contributed by atoms with Gasteiger partial charge in [-0.1, -0.05) is 113 Å². The number of amides is 2. The van der Waals surface area contributed by atoms with Crippen LogP contribution in [0.4, 0.5) is 10.5 Å². The molecule has 0 radical (unpaired) electrons. The number of nitrogens with zero attached hydrogens (tertiary/aromatic N) is 4. The second-order valence-electron chi connectivity index (χ2n) is 9.79. The normalized spacial score (nSPS) is 13.7. The number of anilines is 1. The van der Waals surface area contributed by atoms with Gasteiger partial charge in [0, 0.05) is 28.9 Å². The first-order chi connectivity index (χ1) is 19.1. The Bertz CT molecular complexity index is 1490. The second kappa shape index (κ2) is 10.5. The number of hydrogen-bond acceptors (Lipinski definition) is 2. The van der Waals surface area contributed by atoms with E-state index in [-0.39, 0.29) is 6.03 Å². The van der Waals surface area contributed by atoms with Crippen molar-refractivity contribution in [1.82, 2.24) is 14.5 Å². The summed E-state index contributed by atoms with van der Waals surface area (Å²) in [5, 5.41) is 0. The first kappa shape index (κ1) is 25.1. The average Bonchev–Trinajstić information content (AvgIpc) is 3.53. The lowest BCUT2D eigenvalue weighted by Crippen LogP contribution is -2.38. The van der Waals surface area contributed by atoms with E-state index < -0.39 is 5.54 Å². The number of hydrogen-bond donors (Lipinski definition) is 0. The summed E-state index contributed by atoms with van der Waals surface area (Å²) < 4.78 is 3.23. The molecule has 2 heterocycles. The minimum Gasteiger partial charge on any atom is -0.317 e. The van der Waals surface area contributed by atoms with Gasteiger partial charge >= 0.3 is 6.03 Å². The van der Waals surface area contributed by atoms with Crippen LogP contribution in [-0.4, -0.2) is 33.6 Å². The molecule has 194 valence electrons. The maximum absolute atomic E-state index is 13.4. The molecule has 39 heavy (non-hydrogen) atoms. The number of halogens is 1. The summed E-state index contributed by atoms with van der Waals surface area (Å²) in [7, 11) is 0. The highest BCUT2D eigenvalue weighted by atomic mass is 79.9. The van der Waals surface area contributed by atoms with E-state index in [1.807, 2.05) is 58.6 Å². The van der Waals surface area contributed by atoms with Crippen LogP contribution < -0.4 is 4.90 Å². The molecular formula is C33H29BrN4O. The monoisotopic (exact) mass is 576 g/mol. The van der Waals surface area contributed by atoms with Gasteiger partial charge in [0.05, 0.1) is 18.6 Å². The first-order valence-corrected chi connectivity index (χ1v) is 13.9. The summed E-state index contributed by atoms with van der Waals surface area (Å²) in [5.74, 6) is 0. The van der Waals surface area contributed by atoms with E-state index in [1.165, 1.54) is 0 Å². The Morgan fingerprint density at radius 3 is 1.87 bits per heavy atom. The zero-order chi connectivity index (χ0) is 26.8. The molecule has 1 aromatic heterocycles. The van der Waals surface area contributed by atoms with Crippen LogP contribution in [-0.2, 0) is 12.1 Å². The standard InChI is InChI=1S/C33H29BrN4O/c1-25-31(23-36-20-21-37(32(36)39)30-19-11-18-29(34)22-30)35-24-38(25)33(26-12-5-2-6-13-26,27-14-7-3-8-15-27)28-16-9-4-10-17-28/h2-19,22,24H,20-21,23H2,1H3. The molecule has 5 aromatic rings. The SMILES string of the molecule is Cc1c(CN2CCN(c3cccc(Br)c3)C2=O)ncn1C(c1ccccc1)(c1ccccc1)c1ccccc1. The number of rotatable bonds is 7. The van der Waals surface area contributed by atoms with Gasteiger partial charge in [0.25, 0.3) is 0 Å². The van der Waals surface area contributed by atoms with E-state index in [0.29, 0.717) is 19.6 Å². The Hall–Kier alpha value is -4.16. The molecule has 0 aliphatic carbocycles. The lowest BCUT2D eigenvalue weighted by atomic mass is 9.76. The van der Waals surface area contributed by atoms with Crippen molar-refractivity contribution >= 4 is 27.6 Å². The van der Waals surface area contributed by atoms with Crippen molar-refractivity contribution in [3.05, 3.63) is 154 Å². The number of benzene rings is 4. The van der Waals surface area contributed by atoms with Gasteiger partial charge in [-0.2, -0.15) is 0 Å². The third-order valence-corrected chi connectivity index (χ3v) is 8.09. The Morgan fingerprint density at radius 2 is 1.33 bits per heavy atom. The predicted molar refractivity (Wildman–Crippen MR) is 159 cm³/mol. The highest BCUT2D eigenvalue weighted by molar-refractivity contribution is 9.10. The smallest absolute Gasteiger partial charge is 0.317 e. The summed E-state index contributed by atoms with van der Waals surface area (Å²) in [4.78, 5) is 22.0. The fraction of sp³-hybridized carbons (Fsp3) is 0.152. The zero-order valence-electron chi connectivity index (χ0n) is 21.7. The van der Waals surface area contributed by atoms with Crippen molar-refractivity contribution in [2.24, 2.45) is 0 Å². The fourth-order valence-electron chi connectivity index (χ4n) is 5.69. The van der Waals surface area contributed by atoms with E-state index in [9.17, 15) is 4.79 Å². The summed E-state index contributed by atoms with van der Waals surface area (Å²) in [6.07, 6.45) is 1.93. The molecular weight excluding hydrogens is 548 g/mol. The van der Waals surface area contributed by atoms with Crippen molar-refractivity contribution in [1.29, 1.82) is 0 Å². The molecule has 0 bridgehead atoms. The molecule has 4 aromatic carbocycles. The second-order valence-corrected chi connectivity index (χ2v) is 10.7. The maximum atomic E-state index is 13.4. The minimum absolute atomic E-state index is 0.00231. The maximum Gasteiger partial charge on any atom is 0.324 e. The average molecular weight is 578 g/mol. The predicted octanol–water partition coefficient (Wildman–Crippen LogP) is 7.24. The number of carbonyl (C=O) groups excluding carboxylic acids is 1. The molecule has 6 heteroatoms. The molecule has 0 spiro atoms. The molecule has 0 N–H and O–H groups in total. The van der Waals surface area contributed by atoms with Crippen molar-refractivity contribution in [3.8, 4) is 0 Å². The Labute approximate surface area is 237 Å². The van der Waals surface area contributed by atoms with E-state index in [4.69, 9.17) is 4.98 Å². The van der Waals surface area contributed by atoms with Gasteiger partial charge in [-0.15, -0.1) is 0 Å². The van der Waals surface area contributed by atoms with Gasteiger partial charge in [0.1, 0.15) is 5.54 Å². The van der Waals surface area contributed by atoms with Crippen molar-refractivity contribution in [2.45, 2.75) is 19.0 Å². The molecule has 1 aliphatic heterocycles. The van der Waals surface area contributed by atoms with Gasteiger partial charge in [0.15, 0.2) is 0 Å². The van der Waals surface area contributed by atoms with Gasteiger partial charge in [-0.25, -0.2) is 9.78 Å². The van der Waals surface area contributed by atoms with Crippen LogP contribution in [0.1, 0.15) is 28.1 Å². The van der Waals surface area contributed by atoms with Gasteiger partial charge in [-0.05, 0) is 41.8 Å². The molecule has 0 unspecified atom stereocenters. The van der Waals surface area contributed by atoms with Crippen LogP contribution in [0.2, 0.25) is 0 Å². The van der Waals surface area contributed by atoms with Gasteiger partial charge in [0.2, 0.25) is 0 Å². The van der Waals surface area contributed by atoms with Crippen LogP contribution in [0.15, 0.2) is 126 Å². The lowest BCUT2D eigenvalue weighted by Gasteiger charge is -2.38. The lowest BCUT2D eigenvalue weighted by molar-refractivity contribution is 0.218. The van der Waals surface area contributed by atoms with Crippen LogP contribution in [0, 0.1) is 6.92 Å². The molecule has 1 saturated heterocycles. The highest BCUT2D eigenvalue weighted by Crippen LogP contribution is 2.42. The fourth-order valence-corrected chi connectivity index (χ4v) is 6.08. The number of urea groups is 1. The van der Waals surface area contributed by atoms with Gasteiger partial charge in [-0.3, -0.25) is 4.90 Å². The third kappa shape index (κ3) is 4.45. The zero-order valence-corrected chi connectivity index (χ0v) is 23.3. The summed E-state index contributed by atoms with van der Waals surface area (Å²) in [6.45, 7) is 3.87. The van der Waals surface area contributed by atoms with Crippen molar-refractivity contribution < 1.29 is 4.79 Å². The number of aromatic nitrogens is 2. The highest BCUT2D eigenvalue weighted by Gasteiger charge is 2.40. The van der Waals surface area contributed by atoms with E-state index in [2.05, 4.69) is 100 Å². The van der Waals surface area contributed by atoms with Crippen LogP contribution >= 0.6 is 15.9 Å². The molecule has 5 nitrogen and oxygen atoms in total. The van der Waals surface area contributed by atoms with E-state index in [1.54, 1.807) is 0 Å². The van der Waals surface area contributed by atoms with E-state index in [0.717, 1.165) is 38.2 Å². The Morgan fingerprint density at radius 1 is 0.769 bits per heavy atom. The molecule has 0 atom stereocenters. The van der Waals surface area contributed by atoms with Gasteiger partial charge < -0.3 is 9.47 Å². The molecule has 1 fully saturated rings. The van der Waals surface area contributed by atoms with Crippen LogP contribution in [0.5, 0.6) is 0 Å². The first-order valence-electron chi connectivity index (χ1n) is 13.1. The molecule has 2 amide bonds. The molecule has 1 aliphatic rings. The largest absolute Gasteiger partial charge is 0.324 e. The summed E-state index contributed by atoms with van der Waals surface area (Å²) >= 11 is 3.52. The van der Waals surface area contributed by atoms with Crippen molar-refractivity contribution in [3.63, 3.8) is 0 Å².